The largest absolute Gasteiger partial charge is 0.497 e. The molecule has 3 aromatic carbocycles. The molecule has 140 valence electrons. The summed E-state index contributed by atoms with van der Waals surface area (Å²) >= 11 is 0. The van der Waals surface area contributed by atoms with Gasteiger partial charge in [0.1, 0.15) is 11.6 Å². The number of nitrogens with zero attached hydrogens (tertiary/aromatic N) is 1. The topological polar surface area (TPSA) is 46.6 Å². The van der Waals surface area contributed by atoms with Crippen LogP contribution in [0.2, 0.25) is 0 Å². The van der Waals surface area contributed by atoms with Crippen LogP contribution in [0.15, 0.2) is 77.7 Å². The zero-order valence-corrected chi connectivity index (χ0v) is 15.9. The number of anilines is 1. The van der Waals surface area contributed by atoms with E-state index in [1.165, 1.54) is 41.7 Å². The van der Waals surface area contributed by atoms with Crippen molar-refractivity contribution in [1.82, 2.24) is 0 Å². The molecule has 0 N–H and O–H groups in total. The first-order chi connectivity index (χ1) is 12.9. The van der Waals surface area contributed by atoms with Crippen LogP contribution in [0.5, 0.6) is 5.75 Å². The Balaban J connectivity index is 2.05. The number of hydrogen-bond acceptors (Lipinski definition) is 3. The molecule has 0 aliphatic carbocycles. The lowest BCUT2D eigenvalue weighted by molar-refractivity contribution is 0.414. The highest BCUT2D eigenvalue weighted by Gasteiger charge is 2.25. The fourth-order valence-electron chi connectivity index (χ4n) is 2.68. The van der Waals surface area contributed by atoms with Crippen molar-refractivity contribution in [3.63, 3.8) is 0 Å². The van der Waals surface area contributed by atoms with Crippen molar-refractivity contribution < 1.29 is 17.5 Å². The highest BCUT2D eigenvalue weighted by atomic mass is 32.2. The second-order valence-corrected chi connectivity index (χ2v) is 8.01. The van der Waals surface area contributed by atoms with Crippen molar-refractivity contribution in [2.75, 3.05) is 11.4 Å². The van der Waals surface area contributed by atoms with Crippen molar-refractivity contribution in [3.8, 4) is 5.75 Å². The van der Waals surface area contributed by atoms with E-state index in [-0.39, 0.29) is 17.1 Å². The Kier molecular flexibility index (Phi) is 5.46. The highest BCUT2D eigenvalue weighted by Crippen LogP contribution is 2.27. The van der Waals surface area contributed by atoms with E-state index in [0.717, 1.165) is 11.1 Å². The van der Waals surface area contributed by atoms with Crippen LogP contribution in [0.3, 0.4) is 0 Å². The summed E-state index contributed by atoms with van der Waals surface area (Å²) in [7, 11) is -2.38. The van der Waals surface area contributed by atoms with Gasteiger partial charge in [-0.1, -0.05) is 35.9 Å². The summed E-state index contributed by atoms with van der Waals surface area (Å²) in [5.74, 6) is 0.0659. The lowest BCUT2D eigenvalue weighted by Gasteiger charge is -2.25. The average molecular weight is 385 g/mol. The molecule has 0 unspecified atom stereocenters. The molecule has 0 amide bonds. The van der Waals surface area contributed by atoms with Crippen molar-refractivity contribution in [2.45, 2.75) is 18.4 Å². The number of hydrogen-bond donors (Lipinski definition) is 0. The minimum absolute atomic E-state index is 0.0953. The number of halogens is 1. The van der Waals surface area contributed by atoms with Crippen molar-refractivity contribution in [2.24, 2.45) is 0 Å². The fourth-order valence-corrected chi connectivity index (χ4v) is 4.13. The Morgan fingerprint density at radius 1 is 0.963 bits per heavy atom. The lowest BCUT2D eigenvalue weighted by Crippen LogP contribution is -2.30. The van der Waals surface area contributed by atoms with Gasteiger partial charge in [0.05, 0.1) is 24.2 Å². The smallest absolute Gasteiger partial charge is 0.264 e. The van der Waals surface area contributed by atoms with E-state index >= 15 is 0 Å². The Morgan fingerprint density at radius 3 is 2.22 bits per heavy atom. The van der Waals surface area contributed by atoms with E-state index in [4.69, 9.17) is 4.74 Å². The summed E-state index contributed by atoms with van der Waals surface area (Å²) in [4.78, 5) is 0.111. The minimum Gasteiger partial charge on any atom is -0.497 e. The van der Waals surface area contributed by atoms with E-state index in [1.54, 1.807) is 18.2 Å². The molecule has 0 bridgehead atoms. The maximum absolute atomic E-state index is 13.8. The van der Waals surface area contributed by atoms with Crippen molar-refractivity contribution >= 4 is 15.7 Å². The number of benzene rings is 3. The van der Waals surface area contributed by atoms with Gasteiger partial charge >= 0.3 is 0 Å². The van der Waals surface area contributed by atoms with Gasteiger partial charge in [0.25, 0.3) is 10.0 Å². The monoisotopic (exact) mass is 385 g/mol. The lowest BCUT2D eigenvalue weighted by atomic mass is 10.1. The number of ether oxygens (including phenoxy) is 1. The summed E-state index contributed by atoms with van der Waals surface area (Å²) in [6.07, 6.45) is 0. The van der Waals surface area contributed by atoms with Gasteiger partial charge in [0.2, 0.25) is 0 Å². The number of sulfonamides is 1. The van der Waals surface area contributed by atoms with Gasteiger partial charge in [0.15, 0.2) is 0 Å². The molecule has 0 aliphatic rings. The summed E-state index contributed by atoms with van der Waals surface area (Å²) in [5, 5.41) is 0. The second kappa shape index (κ2) is 7.80. The van der Waals surface area contributed by atoms with Crippen LogP contribution in [0.1, 0.15) is 11.1 Å². The molecule has 4 nitrogen and oxygen atoms in total. The Hall–Kier alpha value is -2.86. The fraction of sp³-hybridized carbons (Fsp3) is 0.143. The van der Waals surface area contributed by atoms with E-state index in [1.807, 2.05) is 31.2 Å². The zero-order chi connectivity index (χ0) is 19.4. The molecule has 6 heteroatoms. The third kappa shape index (κ3) is 4.28. The molecule has 0 atom stereocenters. The van der Waals surface area contributed by atoms with Gasteiger partial charge in [-0.25, -0.2) is 12.8 Å². The molecule has 27 heavy (non-hydrogen) atoms. The Bertz CT molecular complexity index is 1020. The van der Waals surface area contributed by atoms with Crippen LogP contribution in [-0.4, -0.2) is 15.5 Å². The number of methoxy groups -OCH3 is 1. The van der Waals surface area contributed by atoms with Crippen LogP contribution in [-0.2, 0) is 16.6 Å². The third-order valence-electron chi connectivity index (χ3n) is 4.19. The first-order valence-electron chi connectivity index (χ1n) is 8.38. The second-order valence-electron chi connectivity index (χ2n) is 6.15. The quantitative estimate of drug-likeness (QED) is 0.626. The molecule has 3 aromatic rings. The predicted molar refractivity (Wildman–Crippen MR) is 104 cm³/mol. The van der Waals surface area contributed by atoms with Crippen molar-refractivity contribution in [3.05, 3.63) is 89.7 Å². The zero-order valence-electron chi connectivity index (χ0n) is 15.1. The number of rotatable bonds is 6. The van der Waals surface area contributed by atoms with E-state index in [9.17, 15) is 12.8 Å². The number of aryl methyl sites for hydroxylation is 1. The van der Waals surface area contributed by atoms with Crippen LogP contribution >= 0.6 is 0 Å². The van der Waals surface area contributed by atoms with Gasteiger partial charge in [0, 0.05) is 0 Å². The Morgan fingerprint density at radius 2 is 1.63 bits per heavy atom. The molecule has 0 spiro atoms. The van der Waals surface area contributed by atoms with E-state index in [0.29, 0.717) is 5.75 Å². The molecule has 0 saturated heterocycles. The summed E-state index contributed by atoms with van der Waals surface area (Å²) in [5.41, 5.74) is 2.16. The molecular formula is C21H20FNO3S. The van der Waals surface area contributed by atoms with E-state index < -0.39 is 15.8 Å². The molecule has 0 aliphatic heterocycles. The Labute approximate surface area is 158 Å². The van der Waals surface area contributed by atoms with Crippen LogP contribution in [0, 0.1) is 12.7 Å². The third-order valence-corrected chi connectivity index (χ3v) is 5.98. The SMILES string of the molecule is COc1ccc(S(=O)(=O)N(Cc2ccc(C)cc2)c2cccc(F)c2)cc1. The van der Waals surface area contributed by atoms with Gasteiger partial charge in [-0.2, -0.15) is 0 Å². The molecule has 0 fully saturated rings. The van der Waals surface area contributed by atoms with Gasteiger partial charge in [-0.3, -0.25) is 4.31 Å². The van der Waals surface area contributed by atoms with Crippen LogP contribution in [0.4, 0.5) is 10.1 Å². The maximum atomic E-state index is 13.8. The normalized spacial score (nSPS) is 11.2. The molecular weight excluding hydrogens is 365 g/mol. The van der Waals surface area contributed by atoms with Gasteiger partial charge in [-0.15, -0.1) is 0 Å². The molecule has 0 heterocycles. The van der Waals surface area contributed by atoms with Crippen LogP contribution in [0.25, 0.3) is 0 Å². The summed E-state index contributed by atoms with van der Waals surface area (Å²) in [6.45, 7) is 2.06. The first-order valence-corrected chi connectivity index (χ1v) is 9.82. The predicted octanol–water partition coefficient (Wildman–Crippen LogP) is 4.54. The summed E-state index contributed by atoms with van der Waals surface area (Å²) in [6, 6.07) is 19.3. The minimum atomic E-state index is -3.89. The summed E-state index contributed by atoms with van der Waals surface area (Å²) < 4.78 is 46.6. The first kappa shape index (κ1) is 18.9. The maximum Gasteiger partial charge on any atom is 0.264 e. The van der Waals surface area contributed by atoms with Crippen LogP contribution < -0.4 is 9.04 Å². The molecule has 3 rings (SSSR count). The van der Waals surface area contributed by atoms with Crippen molar-refractivity contribution in [1.29, 1.82) is 0 Å². The van der Waals surface area contributed by atoms with Gasteiger partial charge in [-0.05, 0) is 55.0 Å². The van der Waals surface area contributed by atoms with Gasteiger partial charge < -0.3 is 4.74 Å². The highest BCUT2D eigenvalue weighted by molar-refractivity contribution is 7.92. The molecule has 0 radical (unpaired) electrons. The van der Waals surface area contributed by atoms with E-state index in [2.05, 4.69) is 0 Å². The standard InChI is InChI=1S/C21H20FNO3S/c1-16-6-8-17(9-7-16)15-23(19-5-3-4-18(22)14-19)27(24,25)21-12-10-20(26-2)11-13-21/h3-14H,15H2,1-2H3. The molecule has 0 saturated carbocycles. The average Bonchev–Trinajstić information content (AvgIpc) is 2.67. The molecule has 0 aromatic heterocycles.